The molecular weight excluding hydrogens is 556 g/mol. The van der Waals surface area contributed by atoms with Crippen molar-refractivity contribution in [1.29, 1.82) is 0 Å². The Labute approximate surface area is 198 Å². The van der Waals surface area contributed by atoms with Crippen LogP contribution in [0.15, 0.2) is 46.0 Å². The number of alkyl halides is 3. The molecule has 16 heteroatoms. The summed E-state index contributed by atoms with van der Waals surface area (Å²) in [6, 6.07) is 5.10. The highest BCUT2D eigenvalue weighted by atomic mass is 79.9. The minimum absolute atomic E-state index is 0.0199. The molecule has 2 rings (SSSR count). The lowest BCUT2D eigenvalue weighted by molar-refractivity contribution is -0.387. The van der Waals surface area contributed by atoms with E-state index >= 15 is 0 Å². The van der Waals surface area contributed by atoms with Crippen LogP contribution >= 0.6 is 15.9 Å². The first-order valence-electron chi connectivity index (χ1n) is 9.04. The smallest absolute Gasteiger partial charge is 0.367 e. The van der Waals surface area contributed by atoms with E-state index in [4.69, 9.17) is 10.5 Å². The molecule has 0 aliphatic carbocycles. The second kappa shape index (κ2) is 9.52. The largest absolute Gasteiger partial charge is 0.426 e. The molecule has 0 aliphatic rings. The topological polar surface area (TPSA) is 155 Å². The quantitative estimate of drug-likeness (QED) is 0.202. The van der Waals surface area contributed by atoms with Gasteiger partial charge in [-0.25, -0.2) is 17.8 Å². The monoisotopic (exact) mass is 572 g/mol. The van der Waals surface area contributed by atoms with Crippen LogP contribution in [0, 0.1) is 15.9 Å². The van der Waals surface area contributed by atoms with Gasteiger partial charge in [0.1, 0.15) is 10.4 Å². The Kier molecular flexibility index (Phi) is 7.71. The Morgan fingerprint density at radius 3 is 2.41 bits per heavy atom. The van der Waals surface area contributed by atoms with Gasteiger partial charge in [-0.15, -0.1) is 0 Å². The zero-order valence-electron chi connectivity index (χ0n) is 17.4. The molecule has 1 aromatic heterocycles. The van der Waals surface area contributed by atoms with E-state index in [1.165, 1.54) is 12.1 Å². The molecule has 1 heterocycles. The predicted octanol–water partition coefficient (Wildman–Crippen LogP) is 2.91. The Morgan fingerprint density at radius 2 is 1.88 bits per heavy atom. The molecule has 0 fully saturated rings. The van der Waals surface area contributed by atoms with Gasteiger partial charge < -0.3 is 10.5 Å². The number of halogens is 5. The molecular formula is C18H17BrF4N4O6S. The Bertz CT molecular complexity index is 1230. The molecule has 186 valence electrons. The van der Waals surface area contributed by atoms with Crippen LogP contribution in [0.4, 0.5) is 23.2 Å². The number of sulfonamides is 1. The van der Waals surface area contributed by atoms with Crippen molar-refractivity contribution in [1.82, 2.24) is 9.71 Å². The molecule has 1 aromatic carbocycles. The summed E-state index contributed by atoms with van der Waals surface area (Å²) in [7, 11) is -4.87. The average Bonchev–Trinajstić information content (AvgIpc) is 2.72. The normalized spacial score (nSPS) is 15.9. The number of hydrogen-bond acceptors (Lipinski definition) is 7. The third-order valence-electron chi connectivity index (χ3n) is 4.79. The Hall–Kier alpha value is -2.69. The van der Waals surface area contributed by atoms with Gasteiger partial charge in [-0.05, 0) is 41.9 Å². The number of para-hydroxylation sites is 1. The van der Waals surface area contributed by atoms with Gasteiger partial charge in [-0.3, -0.25) is 14.9 Å². The number of primary amides is 1. The highest BCUT2D eigenvalue weighted by Crippen LogP contribution is 2.37. The van der Waals surface area contributed by atoms with E-state index in [0.717, 1.165) is 25.1 Å². The zero-order chi connectivity index (χ0) is 26.1. The first kappa shape index (κ1) is 27.6. The van der Waals surface area contributed by atoms with Crippen molar-refractivity contribution in [3.05, 3.63) is 62.6 Å². The molecule has 0 saturated carbocycles. The SMILES string of the molecule is CC(CO[C@](C)(C(N)=O)C(F)(F)F)(NS(=O)(=O)c1ccccc1[N+](=O)[O-])c1cc(Br)ncc1F. The molecule has 0 spiro atoms. The lowest BCUT2D eigenvalue weighted by Gasteiger charge is -2.36. The molecule has 0 radical (unpaired) electrons. The van der Waals surface area contributed by atoms with E-state index in [1.54, 1.807) is 0 Å². The molecule has 2 atom stereocenters. The molecule has 1 amide bonds. The fourth-order valence-corrected chi connectivity index (χ4v) is 4.65. The number of benzene rings is 1. The second-order valence-corrected chi connectivity index (χ2v) is 9.80. The van der Waals surface area contributed by atoms with Crippen LogP contribution in [-0.2, 0) is 25.1 Å². The summed E-state index contributed by atoms with van der Waals surface area (Å²) in [6.07, 6.45) is -4.65. The summed E-state index contributed by atoms with van der Waals surface area (Å²) in [6.45, 7) is 0.0201. The van der Waals surface area contributed by atoms with Crippen molar-refractivity contribution >= 4 is 37.5 Å². The lowest BCUT2D eigenvalue weighted by Crippen LogP contribution is -2.58. The number of aromatic nitrogens is 1. The number of nitrogens with two attached hydrogens (primary N) is 1. The predicted molar refractivity (Wildman–Crippen MR) is 112 cm³/mol. The summed E-state index contributed by atoms with van der Waals surface area (Å²) in [5.41, 5.74) is -2.42. The maximum absolute atomic E-state index is 14.7. The van der Waals surface area contributed by atoms with Crippen LogP contribution in [0.5, 0.6) is 0 Å². The number of nitrogens with zero attached hydrogens (tertiary/aromatic N) is 2. The summed E-state index contributed by atoms with van der Waals surface area (Å²) >= 11 is 2.95. The number of ether oxygens (including phenoxy) is 1. The molecule has 0 saturated heterocycles. The first-order chi connectivity index (χ1) is 15.4. The van der Waals surface area contributed by atoms with Crippen molar-refractivity contribution < 1.29 is 40.4 Å². The van der Waals surface area contributed by atoms with Crippen LogP contribution in [0.1, 0.15) is 19.4 Å². The van der Waals surface area contributed by atoms with Crippen molar-refractivity contribution in [2.45, 2.75) is 36.1 Å². The third kappa shape index (κ3) is 5.51. The van der Waals surface area contributed by atoms with E-state index < -0.39 is 66.7 Å². The van der Waals surface area contributed by atoms with Crippen LogP contribution in [0.25, 0.3) is 0 Å². The van der Waals surface area contributed by atoms with Gasteiger partial charge in [0.2, 0.25) is 15.6 Å². The molecule has 34 heavy (non-hydrogen) atoms. The maximum Gasteiger partial charge on any atom is 0.426 e. The number of nitrogens with one attached hydrogen (secondary N) is 1. The second-order valence-electron chi connectivity index (χ2n) is 7.33. The van der Waals surface area contributed by atoms with Crippen LogP contribution in [0.3, 0.4) is 0 Å². The van der Waals surface area contributed by atoms with Gasteiger partial charge in [0, 0.05) is 11.6 Å². The van der Waals surface area contributed by atoms with E-state index in [-0.39, 0.29) is 4.60 Å². The number of carbonyl (C=O) groups is 1. The van der Waals surface area contributed by atoms with E-state index in [1.807, 2.05) is 4.72 Å². The summed E-state index contributed by atoms with van der Waals surface area (Å²) in [5.74, 6) is -3.08. The number of nitro benzene ring substituents is 1. The molecule has 1 unspecified atom stereocenters. The molecule has 0 aliphatic heterocycles. The van der Waals surface area contributed by atoms with E-state index in [0.29, 0.717) is 13.1 Å². The van der Waals surface area contributed by atoms with Gasteiger partial charge >= 0.3 is 6.18 Å². The fraction of sp³-hybridized carbons (Fsp3) is 0.333. The molecule has 10 nitrogen and oxygen atoms in total. The summed E-state index contributed by atoms with van der Waals surface area (Å²) in [4.78, 5) is 24.6. The van der Waals surface area contributed by atoms with Gasteiger partial charge in [0.25, 0.3) is 11.6 Å². The summed E-state index contributed by atoms with van der Waals surface area (Å²) in [5, 5.41) is 11.3. The minimum atomic E-state index is -5.31. The average molecular weight is 573 g/mol. The highest BCUT2D eigenvalue weighted by Gasteiger charge is 2.58. The fourth-order valence-electron chi connectivity index (χ4n) is 2.77. The van der Waals surface area contributed by atoms with Crippen molar-refractivity contribution in [3.8, 4) is 0 Å². The third-order valence-corrected chi connectivity index (χ3v) is 6.87. The summed E-state index contributed by atoms with van der Waals surface area (Å²) < 4.78 is 88.0. The Balaban J connectivity index is 2.65. The van der Waals surface area contributed by atoms with Gasteiger partial charge in [0.05, 0.1) is 23.3 Å². The van der Waals surface area contributed by atoms with Crippen molar-refractivity contribution in [2.24, 2.45) is 5.73 Å². The van der Waals surface area contributed by atoms with E-state index in [2.05, 4.69) is 20.9 Å². The first-order valence-corrected chi connectivity index (χ1v) is 11.3. The minimum Gasteiger partial charge on any atom is -0.367 e. The lowest BCUT2D eigenvalue weighted by atomic mass is 9.94. The number of carbonyl (C=O) groups excluding carboxylic acids is 1. The van der Waals surface area contributed by atoms with Crippen molar-refractivity contribution in [3.63, 3.8) is 0 Å². The van der Waals surface area contributed by atoms with Gasteiger partial charge in [-0.1, -0.05) is 12.1 Å². The number of pyridine rings is 1. The number of hydrogen-bond donors (Lipinski definition) is 2. The van der Waals surface area contributed by atoms with Crippen LogP contribution < -0.4 is 10.5 Å². The molecule has 2 aromatic rings. The van der Waals surface area contributed by atoms with E-state index in [9.17, 15) is 40.9 Å². The molecule has 3 N–H and O–H groups in total. The standard InChI is InChI=1S/C18H17BrF4N4O6S/c1-16(10-7-14(19)25-8-11(10)20,9-33-17(2,15(24)28)18(21,22)23)26-34(31,32)13-6-4-3-5-12(13)27(29)30/h3-8,26H,9H2,1-2H3,(H2,24,28)/t16?,17-/m1/s1. The number of amides is 1. The van der Waals surface area contributed by atoms with Gasteiger partial charge in [-0.2, -0.15) is 17.9 Å². The zero-order valence-corrected chi connectivity index (χ0v) is 19.8. The maximum atomic E-state index is 14.7. The molecule has 0 bridgehead atoms. The van der Waals surface area contributed by atoms with Crippen LogP contribution in [-0.4, -0.2) is 42.6 Å². The van der Waals surface area contributed by atoms with Crippen molar-refractivity contribution in [2.75, 3.05) is 6.61 Å². The van der Waals surface area contributed by atoms with Crippen LogP contribution in [0.2, 0.25) is 0 Å². The number of nitro groups is 1. The van der Waals surface area contributed by atoms with Gasteiger partial charge in [0.15, 0.2) is 4.90 Å². The number of rotatable bonds is 9. The highest BCUT2D eigenvalue weighted by molar-refractivity contribution is 9.10. The Morgan fingerprint density at radius 1 is 1.29 bits per heavy atom.